The lowest BCUT2D eigenvalue weighted by Crippen LogP contribution is -2.39. The molecule has 0 unspecified atom stereocenters. The van der Waals surface area contributed by atoms with Gasteiger partial charge in [0.15, 0.2) is 0 Å². The molecule has 0 aromatic heterocycles. The number of carbonyl (C=O) groups is 3. The first-order chi connectivity index (χ1) is 15.5. The number of benzene rings is 2. The number of imide groups is 1. The first-order valence-corrected chi connectivity index (χ1v) is 10.3. The molecule has 0 radical (unpaired) electrons. The number of hydrogen-bond acceptors (Lipinski definition) is 6. The Balaban J connectivity index is 1.75. The largest absolute Gasteiger partial charge is 0.497 e. The molecule has 0 bridgehead atoms. The molecule has 1 aliphatic heterocycles. The minimum absolute atomic E-state index is 0.172. The molecule has 4 amide bonds. The van der Waals surface area contributed by atoms with E-state index in [0.29, 0.717) is 29.5 Å². The van der Waals surface area contributed by atoms with Crippen molar-refractivity contribution in [2.75, 3.05) is 44.2 Å². The van der Waals surface area contributed by atoms with Gasteiger partial charge in [-0.2, -0.15) is 0 Å². The lowest BCUT2D eigenvalue weighted by atomic mass is 10.1. The van der Waals surface area contributed by atoms with Gasteiger partial charge >= 0.3 is 6.03 Å². The quantitative estimate of drug-likeness (QED) is 0.570. The van der Waals surface area contributed by atoms with Crippen LogP contribution in [0.5, 0.6) is 11.5 Å². The highest BCUT2D eigenvalue weighted by atomic mass is 16.5. The summed E-state index contributed by atoms with van der Waals surface area (Å²) in [7, 11) is 3.05. The Hall–Kier alpha value is -3.59. The zero-order chi connectivity index (χ0) is 23.1. The summed E-state index contributed by atoms with van der Waals surface area (Å²) in [5.41, 5.74) is 0.989. The van der Waals surface area contributed by atoms with E-state index in [1.165, 1.54) is 19.1 Å². The van der Waals surface area contributed by atoms with Crippen molar-refractivity contribution in [1.29, 1.82) is 0 Å². The number of carbonyl (C=O) groups excluding carboxylic acids is 3. The lowest BCUT2D eigenvalue weighted by molar-refractivity contribution is -0.124. The van der Waals surface area contributed by atoms with Gasteiger partial charge in [-0.25, -0.2) is 9.69 Å². The standard InChI is InChI=1S/C23H27N3O6/c1-4-32-19-9-5-16(6-10-19)24-21(27)15-20-22(28)26(23(29)25(20)13-14-30-2)17-7-11-18(31-3)12-8-17/h5-12,20H,4,13-15H2,1-3H3,(H,24,27)/t20-/m1/s1. The van der Waals surface area contributed by atoms with Crippen LogP contribution in [0, 0.1) is 0 Å². The van der Waals surface area contributed by atoms with Gasteiger partial charge in [0.25, 0.3) is 5.91 Å². The second kappa shape index (κ2) is 10.6. The smallest absolute Gasteiger partial charge is 0.332 e. The van der Waals surface area contributed by atoms with E-state index in [0.717, 1.165) is 4.90 Å². The monoisotopic (exact) mass is 441 g/mol. The van der Waals surface area contributed by atoms with E-state index in [4.69, 9.17) is 14.2 Å². The van der Waals surface area contributed by atoms with Gasteiger partial charge in [-0.15, -0.1) is 0 Å². The number of hydrogen-bond donors (Lipinski definition) is 1. The van der Waals surface area contributed by atoms with E-state index in [-0.39, 0.29) is 25.5 Å². The molecule has 1 fully saturated rings. The molecular weight excluding hydrogens is 414 g/mol. The van der Waals surface area contributed by atoms with Crippen LogP contribution in [0.4, 0.5) is 16.2 Å². The molecule has 1 atom stereocenters. The average molecular weight is 441 g/mol. The lowest BCUT2D eigenvalue weighted by Gasteiger charge is -2.21. The van der Waals surface area contributed by atoms with Crippen molar-refractivity contribution < 1.29 is 28.6 Å². The van der Waals surface area contributed by atoms with Crippen molar-refractivity contribution in [1.82, 2.24) is 4.90 Å². The van der Waals surface area contributed by atoms with Crippen LogP contribution in [0.15, 0.2) is 48.5 Å². The van der Waals surface area contributed by atoms with E-state index >= 15 is 0 Å². The van der Waals surface area contributed by atoms with Crippen LogP contribution in [0.2, 0.25) is 0 Å². The summed E-state index contributed by atoms with van der Waals surface area (Å²) in [5, 5.41) is 2.77. The van der Waals surface area contributed by atoms with Gasteiger partial charge in [0.2, 0.25) is 5.91 Å². The fourth-order valence-electron chi connectivity index (χ4n) is 3.43. The number of rotatable bonds is 10. The first kappa shape index (κ1) is 23.1. The molecule has 0 aliphatic carbocycles. The van der Waals surface area contributed by atoms with Crippen molar-refractivity contribution in [3.8, 4) is 11.5 Å². The Bertz CT molecular complexity index is 945. The maximum Gasteiger partial charge on any atom is 0.332 e. The van der Waals surface area contributed by atoms with Crippen LogP contribution in [-0.4, -0.2) is 62.8 Å². The summed E-state index contributed by atoms with van der Waals surface area (Å²) in [5.74, 6) is 0.468. The van der Waals surface area contributed by atoms with Gasteiger partial charge in [0.1, 0.15) is 17.5 Å². The van der Waals surface area contributed by atoms with Crippen LogP contribution in [0.25, 0.3) is 0 Å². The zero-order valence-corrected chi connectivity index (χ0v) is 18.4. The SMILES string of the molecule is CCOc1ccc(NC(=O)C[C@@H]2C(=O)N(c3ccc(OC)cc3)C(=O)N2CCOC)cc1. The minimum atomic E-state index is -0.928. The molecule has 2 aromatic rings. The third-order valence-electron chi connectivity index (χ3n) is 5.01. The van der Waals surface area contributed by atoms with Gasteiger partial charge in [-0.3, -0.25) is 9.59 Å². The predicted octanol–water partition coefficient (Wildman–Crippen LogP) is 2.91. The number of ether oxygens (including phenoxy) is 3. The normalized spacial score (nSPS) is 15.8. The number of methoxy groups -OCH3 is 2. The van der Waals surface area contributed by atoms with Crippen molar-refractivity contribution in [3.63, 3.8) is 0 Å². The average Bonchev–Trinajstić information content (AvgIpc) is 3.02. The van der Waals surface area contributed by atoms with E-state index in [9.17, 15) is 14.4 Å². The topological polar surface area (TPSA) is 97.4 Å². The molecular formula is C23H27N3O6. The summed E-state index contributed by atoms with van der Waals surface area (Å²) >= 11 is 0. The van der Waals surface area contributed by atoms with E-state index < -0.39 is 18.0 Å². The van der Waals surface area contributed by atoms with E-state index in [1.54, 1.807) is 48.5 Å². The highest BCUT2D eigenvalue weighted by Crippen LogP contribution is 2.28. The number of amides is 4. The number of nitrogens with one attached hydrogen (secondary N) is 1. The van der Waals surface area contributed by atoms with Crippen molar-refractivity contribution >= 4 is 29.2 Å². The van der Waals surface area contributed by atoms with Gasteiger partial charge in [-0.05, 0) is 55.5 Å². The fraction of sp³-hybridized carbons (Fsp3) is 0.348. The highest BCUT2D eigenvalue weighted by Gasteiger charge is 2.46. The summed E-state index contributed by atoms with van der Waals surface area (Å²) in [6.07, 6.45) is -0.172. The Labute approximate surface area is 186 Å². The molecule has 1 aliphatic rings. The molecule has 0 saturated carbocycles. The van der Waals surface area contributed by atoms with Crippen molar-refractivity contribution in [2.45, 2.75) is 19.4 Å². The third-order valence-corrected chi connectivity index (χ3v) is 5.01. The summed E-state index contributed by atoms with van der Waals surface area (Å²) in [6.45, 7) is 2.87. The molecule has 32 heavy (non-hydrogen) atoms. The Morgan fingerprint density at radius 3 is 2.25 bits per heavy atom. The molecule has 1 saturated heterocycles. The van der Waals surface area contributed by atoms with Crippen molar-refractivity contribution in [2.24, 2.45) is 0 Å². The molecule has 3 rings (SSSR count). The molecule has 1 N–H and O–H groups in total. The summed E-state index contributed by atoms with van der Waals surface area (Å²) in [6, 6.07) is 12.1. The molecule has 9 heteroatoms. The van der Waals surface area contributed by atoms with Crippen LogP contribution < -0.4 is 19.7 Å². The molecule has 1 heterocycles. The highest BCUT2D eigenvalue weighted by molar-refractivity contribution is 6.22. The number of nitrogens with zero attached hydrogens (tertiary/aromatic N) is 2. The Morgan fingerprint density at radius 2 is 1.66 bits per heavy atom. The van der Waals surface area contributed by atoms with E-state index in [2.05, 4.69) is 5.32 Å². The first-order valence-electron chi connectivity index (χ1n) is 10.3. The Morgan fingerprint density at radius 1 is 1.00 bits per heavy atom. The molecule has 2 aromatic carbocycles. The van der Waals surface area contributed by atoms with Crippen LogP contribution in [0.3, 0.4) is 0 Å². The molecule has 9 nitrogen and oxygen atoms in total. The van der Waals surface area contributed by atoms with Crippen LogP contribution in [0.1, 0.15) is 13.3 Å². The van der Waals surface area contributed by atoms with Gasteiger partial charge in [0, 0.05) is 19.3 Å². The molecule has 0 spiro atoms. The maximum atomic E-state index is 13.1. The fourth-order valence-corrected chi connectivity index (χ4v) is 3.43. The van der Waals surface area contributed by atoms with Crippen LogP contribution >= 0.6 is 0 Å². The summed E-state index contributed by atoms with van der Waals surface area (Å²) in [4.78, 5) is 41.3. The second-order valence-corrected chi connectivity index (χ2v) is 7.07. The van der Waals surface area contributed by atoms with Crippen LogP contribution in [-0.2, 0) is 14.3 Å². The number of anilines is 2. The number of urea groups is 1. The van der Waals surface area contributed by atoms with Gasteiger partial charge < -0.3 is 24.4 Å². The molecule has 170 valence electrons. The van der Waals surface area contributed by atoms with Gasteiger partial charge in [-0.1, -0.05) is 0 Å². The maximum absolute atomic E-state index is 13.1. The summed E-state index contributed by atoms with van der Waals surface area (Å²) < 4.78 is 15.6. The third kappa shape index (κ3) is 5.17. The van der Waals surface area contributed by atoms with E-state index in [1.807, 2.05) is 6.92 Å². The Kier molecular flexibility index (Phi) is 7.67. The zero-order valence-electron chi connectivity index (χ0n) is 18.4. The second-order valence-electron chi connectivity index (χ2n) is 7.07. The minimum Gasteiger partial charge on any atom is -0.497 e. The van der Waals surface area contributed by atoms with Crippen molar-refractivity contribution in [3.05, 3.63) is 48.5 Å². The predicted molar refractivity (Wildman–Crippen MR) is 119 cm³/mol. The van der Waals surface area contributed by atoms with Gasteiger partial charge in [0.05, 0.1) is 32.4 Å².